The first-order chi connectivity index (χ1) is 10.7. The van der Waals surface area contributed by atoms with E-state index >= 15 is 0 Å². The molecule has 3 aromatic rings. The summed E-state index contributed by atoms with van der Waals surface area (Å²) in [6.45, 7) is 2.02. The number of anilines is 1. The van der Waals surface area contributed by atoms with Crippen molar-refractivity contribution in [1.82, 2.24) is 10.2 Å². The van der Waals surface area contributed by atoms with Crippen molar-refractivity contribution in [2.24, 2.45) is 0 Å². The van der Waals surface area contributed by atoms with Gasteiger partial charge in [0.2, 0.25) is 0 Å². The highest BCUT2D eigenvalue weighted by molar-refractivity contribution is 6.04. The third kappa shape index (κ3) is 2.11. The Labute approximate surface area is 128 Å². The predicted octanol–water partition coefficient (Wildman–Crippen LogP) is 3.07. The van der Waals surface area contributed by atoms with Gasteiger partial charge >= 0.3 is 0 Å². The Bertz CT molecular complexity index is 912. The first-order valence-corrected chi connectivity index (χ1v) is 6.75. The molecule has 0 aliphatic heterocycles. The van der Waals surface area contributed by atoms with Crippen LogP contribution >= 0.6 is 0 Å². The van der Waals surface area contributed by atoms with Crippen LogP contribution in [0.2, 0.25) is 0 Å². The van der Waals surface area contributed by atoms with Crippen molar-refractivity contribution in [3.05, 3.63) is 47.7 Å². The summed E-state index contributed by atoms with van der Waals surface area (Å²) < 4.78 is 5.35. The highest BCUT2D eigenvalue weighted by Crippen LogP contribution is 2.37. The van der Waals surface area contributed by atoms with Gasteiger partial charge in [0.15, 0.2) is 5.69 Å². The maximum Gasteiger partial charge on any atom is 0.186 e. The number of hydrogen-bond acceptors (Lipinski definition) is 5. The number of aromatic nitrogens is 2. The van der Waals surface area contributed by atoms with Crippen molar-refractivity contribution in [2.75, 3.05) is 12.8 Å². The van der Waals surface area contributed by atoms with Gasteiger partial charge in [0, 0.05) is 11.5 Å². The van der Waals surface area contributed by atoms with Crippen LogP contribution in [0.3, 0.4) is 0 Å². The van der Waals surface area contributed by atoms with Crippen LogP contribution < -0.4 is 10.5 Å². The summed E-state index contributed by atoms with van der Waals surface area (Å²) in [5, 5.41) is 17.8. The maximum absolute atomic E-state index is 9.14. The quantitative estimate of drug-likeness (QED) is 0.784. The molecule has 0 unspecified atom stereocenters. The summed E-state index contributed by atoms with van der Waals surface area (Å²) in [5.41, 5.74) is 10.2. The number of benzene rings is 2. The minimum atomic E-state index is 0.132. The lowest BCUT2D eigenvalue weighted by Gasteiger charge is -2.13. The van der Waals surface area contributed by atoms with E-state index < -0.39 is 0 Å². The Kier molecular flexibility index (Phi) is 3.36. The van der Waals surface area contributed by atoms with Gasteiger partial charge in [-0.1, -0.05) is 24.3 Å². The average Bonchev–Trinajstić information content (AvgIpc) is 2.54. The van der Waals surface area contributed by atoms with E-state index in [-0.39, 0.29) is 5.69 Å². The fraction of sp³-hybridized carbons (Fsp3) is 0.118. The largest absolute Gasteiger partial charge is 0.497 e. The monoisotopic (exact) mass is 290 g/mol. The van der Waals surface area contributed by atoms with E-state index in [1.807, 2.05) is 43.3 Å². The smallest absolute Gasteiger partial charge is 0.186 e. The second-order valence-electron chi connectivity index (χ2n) is 4.96. The van der Waals surface area contributed by atoms with E-state index in [0.29, 0.717) is 17.0 Å². The van der Waals surface area contributed by atoms with E-state index in [1.165, 1.54) is 0 Å². The Morgan fingerprint density at radius 1 is 1.14 bits per heavy atom. The van der Waals surface area contributed by atoms with E-state index in [4.69, 9.17) is 15.7 Å². The van der Waals surface area contributed by atoms with Gasteiger partial charge in [0.1, 0.15) is 11.8 Å². The van der Waals surface area contributed by atoms with Gasteiger partial charge in [-0.25, -0.2) is 0 Å². The van der Waals surface area contributed by atoms with Crippen LogP contribution in [0.5, 0.6) is 5.75 Å². The highest BCUT2D eigenvalue weighted by Gasteiger charge is 2.15. The number of nitriles is 1. The summed E-state index contributed by atoms with van der Waals surface area (Å²) in [5.74, 6) is 0.671. The molecular weight excluding hydrogens is 276 g/mol. The lowest BCUT2D eigenvalue weighted by Crippen LogP contribution is -2.00. The van der Waals surface area contributed by atoms with Crippen LogP contribution in [0.15, 0.2) is 36.4 Å². The van der Waals surface area contributed by atoms with Crippen molar-refractivity contribution >= 4 is 16.6 Å². The van der Waals surface area contributed by atoms with E-state index in [2.05, 4.69) is 10.2 Å². The number of aryl methyl sites for hydroxylation is 1. The number of nitrogen functional groups attached to an aromatic ring is 1. The second-order valence-corrected chi connectivity index (χ2v) is 4.96. The fourth-order valence-electron chi connectivity index (χ4n) is 2.53. The number of ether oxygens (including phenoxy) is 1. The van der Waals surface area contributed by atoms with Gasteiger partial charge < -0.3 is 10.5 Å². The molecule has 1 heterocycles. The van der Waals surface area contributed by atoms with Crippen LogP contribution in [0.4, 0.5) is 5.69 Å². The summed E-state index contributed by atoms with van der Waals surface area (Å²) in [7, 11) is 1.60. The van der Waals surface area contributed by atoms with Gasteiger partial charge in [-0.15, -0.1) is 10.2 Å². The van der Waals surface area contributed by atoms with Crippen molar-refractivity contribution in [2.45, 2.75) is 6.92 Å². The molecule has 3 rings (SSSR count). The van der Waals surface area contributed by atoms with Gasteiger partial charge in [0.25, 0.3) is 0 Å². The molecule has 108 valence electrons. The average molecular weight is 290 g/mol. The lowest BCUT2D eigenvalue weighted by molar-refractivity contribution is 0.415. The van der Waals surface area contributed by atoms with Crippen molar-refractivity contribution in [3.63, 3.8) is 0 Å². The Hall–Kier alpha value is -3.13. The molecule has 0 saturated carbocycles. The van der Waals surface area contributed by atoms with Gasteiger partial charge in [-0.05, 0) is 29.7 Å². The molecule has 2 N–H and O–H groups in total. The number of nitrogens with two attached hydrogens (primary N) is 1. The van der Waals surface area contributed by atoms with Crippen molar-refractivity contribution in [3.8, 4) is 22.9 Å². The number of hydrogen-bond donors (Lipinski definition) is 1. The number of fused-ring (bicyclic) bond motifs is 1. The summed E-state index contributed by atoms with van der Waals surface area (Å²) in [6.07, 6.45) is 0. The Morgan fingerprint density at radius 3 is 2.59 bits per heavy atom. The zero-order chi connectivity index (χ0) is 15.7. The van der Waals surface area contributed by atoms with Crippen LogP contribution in [-0.2, 0) is 0 Å². The molecule has 5 nitrogen and oxygen atoms in total. The SMILES string of the molecule is COc1cc(-c2ccccc2C)c2c(N)c(C#N)nnc2c1. The van der Waals surface area contributed by atoms with E-state index in [1.54, 1.807) is 13.2 Å². The number of nitrogens with zero attached hydrogens (tertiary/aromatic N) is 3. The molecule has 0 fully saturated rings. The third-order valence-electron chi connectivity index (χ3n) is 3.65. The molecule has 0 bridgehead atoms. The topological polar surface area (TPSA) is 84.8 Å². The summed E-state index contributed by atoms with van der Waals surface area (Å²) in [6, 6.07) is 13.6. The number of rotatable bonds is 2. The minimum absolute atomic E-state index is 0.132. The predicted molar refractivity (Wildman–Crippen MR) is 85.4 cm³/mol. The molecule has 1 aromatic heterocycles. The number of methoxy groups -OCH3 is 1. The van der Waals surface area contributed by atoms with Crippen LogP contribution in [-0.4, -0.2) is 17.3 Å². The van der Waals surface area contributed by atoms with Crippen LogP contribution in [0.25, 0.3) is 22.0 Å². The molecule has 5 heteroatoms. The van der Waals surface area contributed by atoms with Crippen molar-refractivity contribution < 1.29 is 4.74 Å². The highest BCUT2D eigenvalue weighted by atomic mass is 16.5. The standard InChI is InChI=1S/C17H14N4O/c1-10-5-3-4-6-12(10)13-7-11(22-2)8-14-16(13)17(19)15(9-18)21-20-14/h3-8H,1-2H3,(H2,19,20). The Morgan fingerprint density at radius 2 is 1.91 bits per heavy atom. The minimum Gasteiger partial charge on any atom is -0.497 e. The molecule has 0 atom stereocenters. The molecule has 0 radical (unpaired) electrons. The zero-order valence-electron chi connectivity index (χ0n) is 12.3. The normalized spacial score (nSPS) is 10.4. The molecular formula is C17H14N4O. The Balaban J connectivity index is 2.46. The molecule has 0 aliphatic rings. The molecule has 0 saturated heterocycles. The first-order valence-electron chi connectivity index (χ1n) is 6.75. The molecule has 2 aromatic carbocycles. The van der Waals surface area contributed by atoms with Crippen molar-refractivity contribution in [1.29, 1.82) is 5.26 Å². The van der Waals surface area contributed by atoms with Gasteiger partial charge in [-0.3, -0.25) is 0 Å². The van der Waals surface area contributed by atoms with Gasteiger partial charge in [-0.2, -0.15) is 5.26 Å². The molecule has 0 spiro atoms. The molecule has 0 aliphatic carbocycles. The first kappa shape index (κ1) is 13.8. The zero-order valence-corrected chi connectivity index (χ0v) is 12.3. The van der Waals surface area contributed by atoms with E-state index in [9.17, 15) is 0 Å². The summed E-state index contributed by atoms with van der Waals surface area (Å²) in [4.78, 5) is 0. The molecule has 22 heavy (non-hydrogen) atoms. The molecule has 0 amide bonds. The fourth-order valence-corrected chi connectivity index (χ4v) is 2.53. The third-order valence-corrected chi connectivity index (χ3v) is 3.65. The van der Waals surface area contributed by atoms with Crippen LogP contribution in [0, 0.1) is 18.3 Å². The van der Waals surface area contributed by atoms with E-state index in [0.717, 1.165) is 22.1 Å². The van der Waals surface area contributed by atoms with Gasteiger partial charge in [0.05, 0.1) is 18.3 Å². The second kappa shape index (κ2) is 5.34. The lowest BCUT2D eigenvalue weighted by atomic mass is 9.95. The summed E-state index contributed by atoms with van der Waals surface area (Å²) >= 11 is 0. The maximum atomic E-state index is 9.14. The van der Waals surface area contributed by atoms with Crippen LogP contribution in [0.1, 0.15) is 11.3 Å².